The number of ether oxygens (including phenoxy) is 2. The third-order valence-electron chi connectivity index (χ3n) is 4.35. The summed E-state index contributed by atoms with van der Waals surface area (Å²) >= 11 is 0. The number of hydrogen-bond acceptors (Lipinski definition) is 5. The summed E-state index contributed by atoms with van der Waals surface area (Å²) in [7, 11) is 0. The van der Waals surface area contributed by atoms with Crippen molar-refractivity contribution in [3.8, 4) is 5.75 Å². The lowest BCUT2D eigenvalue weighted by Gasteiger charge is -2.30. The van der Waals surface area contributed by atoms with Gasteiger partial charge >= 0.3 is 0 Å². The van der Waals surface area contributed by atoms with E-state index in [1.54, 1.807) is 9.58 Å². The SMILES string of the molecule is Cc1cc(C)n(CC(=O)N2CCOC[C@](O)(COc3ccccc3)C2)n1. The smallest absolute Gasteiger partial charge is 0.244 e. The largest absolute Gasteiger partial charge is 0.490 e. The van der Waals surface area contributed by atoms with Gasteiger partial charge in [0.2, 0.25) is 5.91 Å². The first-order valence-corrected chi connectivity index (χ1v) is 8.72. The second-order valence-electron chi connectivity index (χ2n) is 6.78. The Kier molecular flexibility index (Phi) is 5.58. The van der Waals surface area contributed by atoms with E-state index in [0.29, 0.717) is 18.9 Å². The lowest BCUT2D eigenvalue weighted by Crippen LogP contribution is -2.51. The third-order valence-corrected chi connectivity index (χ3v) is 4.35. The van der Waals surface area contributed by atoms with E-state index in [9.17, 15) is 9.90 Å². The highest BCUT2D eigenvalue weighted by Crippen LogP contribution is 2.17. The highest BCUT2D eigenvalue weighted by Gasteiger charge is 2.35. The molecule has 1 aromatic carbocycles. The number of carbonyl (C=O) groups excluding carboxylic acids is 1. The zero-order valence-corrected chi connectivity index (χ0v) is 15.2. The van der Waals surface area contributed by atoms with Gasteiger partial charge in [-0.2, -0.15) is 5.10 Å². The number of hydrogen-bond donors (Lipinski definition) is 1. The Labute approximate surface area is 153 Å². The molecule has 1 fully saturated rings. The molecule has 0 aliphatic carbocycles. The number of para-hydroxylation sites is 1. The molecule has 1 saturated heterocycles. The second kappa shape index (κ2) is 7.88. The second-order valence-corrected chi connectivity index (χ2v) is 6.78. The van der Waals surface area contributed by atoms with Gasteiger partial charge in [0, 0.05) is 12.2 Å². The highest BCUT2D eigenvalue weighted by molar-refractivity contribution is 5.76. The Morgan fingerprint density at radius 3 is 2.81 bits per heavy atom. The van der Waals surface area contributed by atoms with E-state index in [1.807, 2.05) is 50.2 Å². The number of benzene rings is 1. The summed E-state index contributed by atoms with van der Waals surface area (Å²) < 4.78 is 12.9. The number of amides is 1. The standard InChI is InChI=1S/C19H25N3O4/c1-15-10-16(2)22(20-15)11-18(23)21-8-9-25-13-19(24,12-21)14-26-17-6-4-3-5-7-17/h3-7,10,24H,8-9,11-14H2,1-2H3/t19-/m0/s1. The Morgan fingerprint density at radius 2 is 2.12 bits per heavy atom. The van der Waals surface area contributed by atoms with Crippen LogP contribution in [0, 0.1) is 13.8 Å². The molecule has 3 rings (SSSR count). The van der Waals surface area contributed by atoms with Crippen molar-refractivity contribution < 1.29 is 19.4 Å². The molecule has 140 valence electrons. The van der Waals surface area contributed by atoms with Gasteiger partial charge in [-0.25, -0.2) is 0 Å². The quantitative estimate of drug-likeness (QED) is 0.867. The van der Waals surface area contributed by atoms with Gasteiger partial charge in [-0.3, -0.25) is 9.48 Å². The monoisotopic (exact) mass is 359 g/mol. The van der Waals surface area contributed by atoms with Gasteiger partial charge in [0.1, 0.15) is 24.5 Å². The molecule has 2 aromatic rings. The van der Waals surface area contributed by atoms with Crippen molar-refractivity contribution in [1.82, 2.24) is 14.7 Å². The number of aliphatic hydroxyl groups is 1. The molecule has 0 spiro atoms. The van der Waals surface area contributed by atoms with Crippen molar-refractivity contribution >= 4 is 5.91 Å². The first-order chi connectivity index (χ1) is 12.5. The Morgan fingerprint density at radius 1 is 1.35 bits per heavy atom. The van der Waals surface area contributed by atoms with E-state index < -0.39 is 5.60 Å². The van der Waals surface area contributed by atoms with Crippen molar-refractivity contribution in [2.24, 2.45) is 0 Å². The van der Waals surface area contributed by atoms with Crippen LogP contribution in [-0.4, -0.2) is 64.2 Å². The van der Waals surface area contributed by atoms with Crippen molar-refractivity contribution in [2.75, 3.05) is 32.9 Å². The Bertz CT molecular complexity index is 746. The molecule has 26 heavy (non-hydrogen) atoms. The molecular formula is C19H25N3O4. The molecular weight excluding hydrogens is 334 g/mol. The lowest BCUT2D eigenvalue weighted by atomic mass is 10.1. The summed E-state index contributed by atoms with van der Waals surface area (Å²) in [6.07, 6.45) is 0. The average Bonchev–Trinajstić information content (AvgIpc) is 2.82. The normalized spacial score (nSPS) is 20.7. The minimum absolute atomic E-state index is 0.0562. The van der Waals surface area contributed by atoms with Crippen LogP contribution >= 0.6 is 0 Å². The van der Waals surface area contributed by atoms with Crippen LogP contribution in [0.2, 0.25) is 0 Å². The van der Waals surface area contributed by atoms with E-state index in [0.717, 1.165) is 11.4 Å². The highest BCUT2D eigenvalue weighted by atomic mass is 16.5. The molecule has 0 saturated carbocycles. The van der Waals surface area contributed by atoms with E-state index in [2.05, 4.69) is 5.10 Å². The molecule has 1 aliphatic heterocycles. The summed E-state index contributed by atoms with van der Waals surface area (Å²) in [5, 5.41) is 15.2. The van der Waals surface area contributed by atoms with Gasteiger partial charge < -0.3 is 19.5 Å². The van der Waals surface area contributed by atoms with Crippen LogP contribution in [0.1, 0.15) is 11.4 Å². The fourth-order valence-corrected chi connectivity index (χ4v) is 3.01. The van der Waals surface area contributed by atoms with Crippen molar-refractivity contribution in [3.63, 3.8) is 0 Å². The molecule has 7 nitrogen and oxygen atoms in total. The van der Waals surface area contributed by atoms with Crippen LogP contribution in [-0.2, 0) is 16.1 Å². The third kappa shape index (κ3) is 4.62. The molecule has 1 aromatic heterocycles. The maximum absolute atomic E-state index is 12.7. The zero-order chi connectivity index (χ0) is 18.6. The average molecular weight is 359 g/mol. The first-order valence-electron chi connectivity index (χ1n) is 8.72. The summed E-state index contributed by atoms with van der Waals surface area (Å²) in [5.74, 6) is 0.575. The topological polar surface area (TPSA) is 76.8 Å². The lowest BCUT2D eigenvalue weighted by molar-refractivity contribution is -0.135. The number of carbonyl (C=O) groups is 1. The summed E-state index contributed by atoms with van der Waals surface area (Å²) in [6.45, 7) is 5.13. The number of nitrogens with zero attached hydrogens (tertiary/aromatic N) is 3. The molecule has 0 radical (unpaired) electrons. The minimum Gasteiger partial charge on any atom is -0.490 e. The number of aromatic nitrogens is 2. The van der Waals surface area contributed by atoms with Crippen LogP contribution < -0.4 is 4.74 Å². The van der Waals surface area contributed by atoms with Gasteiger partial charge in [-0.05, 0) is 32.0 Å². The summed E-state index contributed by atoms with van der Waals surface area (Å²) in [5.41, 5.74) is 0.559. The van der Waals surface area contributed by atoms with E-state index in [4.69, 9.17) is 9.47 Å². The molecule has 1 amide bonds. The molecule has 0 unspecified atom stereocenters. The molecule has 7 heteroatoms. The van der Waals surface area contributed by atoms with Crippen LogP contribution in [0.15, 0.2) is 36.4 Å². The summed E-state index contributed by atoms with van der Waals surface area (Å²) in [6, 6.07) is 11.2. The minimum atomic E-state index is -1.25. The Hall–Kier alpha value is -2.38. The zero-order valence-electron chi connectivity index (χ0n) is 15.2. The molecule has 1 aliphatic rings. The van der Waals surface area contributed by atoms with Crippen LogP contribution in [0.4, 0.5) is 0 Å². The van der Waals surface area contributed by atoms with Crippen molar-refractivity contribution in [2.45, 2.75) is 26.0 Å². The van der Waals surface area contributed by atoms with E-state index in [-0.39, 0.29) is 32.2 Å². The van der Waals surface area contributed by atoms with E-state index >= 15 is 0 Å². The van der Waals surface area contributed by atoms with Gasteiger partial charge in [0.25, 0.3) is 0 Å². The van der Waals surface area contributed by atoms with Crippen LogP contribution in [0.25, 0.3) is 0 Å². The maximum atomic E-state index is 12.7. The van der Waals surface area contributed by atoms with Crippen LogP contribution in [0.3, 0.4) is 0 Å². The Balaban J connectivity index is 1.64. The predicted molar refractivity (Wildman–Crippen MR) is 96.0 cm³/mol. The molecule has 2 heterocycles. The number of rotatable bonds is 5. The van der Waals surface area contributed by atoms with E-state index in [1.165, 1.54) is 0 Å². The molecule has 1 atom stereocenters. The first kappa shape index (κ1) is 18.4. The molecule has 1 N–H and O–H groups in total. The van der Waals surface area contributed by atoms with Gasteiger partial charge in [0.15, 0.2) is 0 Å². The fraction of sp³-hybridized carbons (Fsp3) is 0.474. The van der Waals surface area contributed by atoms with Gasteiger partial charge in [0.05, 0.1) is 25.5 Å². The van der Waals surface area contributed by atoms with Crippen molar-refractivity contribution in [3.05, 3.63) is 47.8 Å². The fourth-order valence-electron chi connectivity index (χ4n) is 3.01. The summed E-state index contributed by atoms with van der Waals surface area (Å²) in [4.78, 5) is 14.3. The number of aryl methyl sites for hydroxylation is 2. The maximum Gasteiger partial charge on any atom is 0.244 e. The molecule has 0 bridgehead atoms. The van der Waals surface area contributed by atoms with Gasteiger partial charge in [-0.1, -0.05) is 18.2 Å². The van der Waals surface area contributed by atoms with Crippen molar-refractivity contribution in [1.29, 1.82) is 0 Å². The van der Waals surface area contributed by atoms with Crippen LogP contribution in [0.5, 0.6) is 5.75 Å². The number of β-amino-alcohol motifs (C(OH)–C–C–N with tert-alkyl or cyclic N) is 1. The predicted octanol–water partition coefficient (Wildman–Crippen LogP) is 1.17. The van der Waals surface area contributed by atoms with Gasteiger partial charge in [-0.15, -0.1) is 0 Å².